The molecule has 10 nitrogen and oxygen atoms in total. The van der Waals surface area contributed by atoms with Crippen molar-refractivity contribution in [1.29, 1.82) is 0 Å². The van der Waals surface area contributed by atoms with Crippen LogP contribution < -0.4 is 16.4 Å². The van der Waals surface area contributed by atoms with Crippen LogP contribution in [0.4, 0.5) is 47.3 Å². The summed E-state index contributed by atoms with van der Waals surface area (Å²) in [5.74, 6) is 0.217. The van der Waals surface area contributed by atoms with Gasteiger partial charge >= 0.3 is 24.5 Å². The third kappa shape index (κ3) is 7.92. The van der Waals surface area contributed by atoms with Crippen LogP contribution in [0.1, 0.15) is 60.8 Å². The second-order valence-electron chi connectivity index (χ2n) is 13.5. The second kappa shape index (κ2) is 14.5. The van der Waals surface area contributed by atoms with Gasteiger partial charge in [-0.15, -0.1) is 11.3 Å². The molecule has 5 heterocycles. The van der Waals surface area contributed by atoms with Crippen molar-refractivity contribution in [2.75, 3.05) is 50.3 Å². The Bertz CT molecular complexity index is 1530. The first-order valence-corrected chi connectivity index (χ1v) is 17.8. The van der Waals surface area contributed by atoms with E-state index in [1.165, 1.54) is 21.1 Å². The number of thiophene rings is 1. The zero-order valence-corrected chi connectivity index (χ0v) is 28.1. The lowest BCUT2D eigenvalue weighted by Crippen LogP contribution is -2.52. The maximum absolute atomic E-state index is 13.9. The van der Waals surface area contributed by atoms with Crippen LogP contribution in [-0.2, 0) is 34.8 Å². The van der Waals surface area contributed by atoms with E-state index in [2.05, 4.69) is 10.6 Å². The summed E-state index contributed by atoms with van der Waals surface area (Å²) in [7, 11) is 0. The average Bonchev–Trinajstić information content (AvgIpc) is 3.54. The Kier molecular flexibility index (Phi) is 10.4. The lowest BCUT2D eigenvalue weighted by atomic mass is 9.79. The normalized spacial score (nSPS) is 20.8. The van der Waals surface area contributed by atoms with Gasteiger partial charge in [-0.05, 0) is 86.5 Å². The summed E-state index contributed by atoms with van der Waals surface area (Å²) >= 11 is 1.48. The van der Waals surface area contributed by atoms with E-state index in [1.807, 2.05) is 10.8 Å². The molecule has 1 unspecified atom stereocenters. The van der Waals surface area contributed by atoms with Crippen molar-refractivity contribution in [3.8, 4) is 0 Å². The van der Waals surface area contributed by atoms with Gasteiger partial charge in [-0.25, -0.2) is 9.59 Å². The Hall–Kier alpha value is -3.73. The number of alkyl halides is 6. The summed E-state index contributed by atoms with van der Waals surface area (Å²) in [6, 6.07) is 0.542. The molecule has 0 bridgehead atoms. The largest absolute Gasteiger partial charge is 0.436 e. The quantitative estimate of drug-likeness (QED) is 0.242. The number of fused-ring (bicyclic) bond motifs is 1. The number of benzene rings is 1. The van der Waals surface area contributed by atoms with Gasteiger partial charge in [0.05, 0.1) is 29.0 Å². The molecule has 17 heteroatoms. The number of piperidine rings is 3. The Morgan fingerprint density at radius 2 is 1.46 bits per heavy atom. The highest BCUT2D eigenvalue weighted by atomic mass is 32.1. The number of likely N-dealkylation sites (tertiary alicyclic amines) is 2. The molecule has 1 atom stereocenters. The van der Waals surface area contributed by atoms with Crippen molar-refractivity contribution in [2.24, 2.45) is 11.8 Å². The molecule has 4 aliphatic heterocycles. The Labute approximate surface area is 289 Å². The van der Waals surface area contributed by atoms with E-state index in [0.717, 1.165) is 37.2 Å². The number of hydrogen-bond acceptors (Lipinski definition) is 7. The molecule has 1 aromatic heterocycles. The van der Waals surface area contributed by atoms with Gasteiger partial charge in [-0.2, -0.15) is 26.3 Å². The second-order valence-corrected chi connectivity index (χ2v) is 14.3. The van der Waals surface area contributed by atoms with Gasteiger partial charge < -0.3 is 35.8 Å². The van der Waals surface area contributed by atoms with Crippen LogP contribution in [0.2, 0.25) is 0 Å². The van der Waals surface area contributed by atoms with Crippen molar-refractivity contribution in [2.45, 2.75) is 76.0 Å². The smallest absolute Gasteiger partial charge is 0.418 e. The van der Waals surface area contributed by atoms with Gasteiger partial charge in [0.1, 0.15) is 0 Å². The van der Waals surface area contributed by atoms with Gasteiger partial charge in [0.15, 0.2) is 6.10 Å². The number of rotatable bonds is 6. The number of carbonyl (C=O) groups is 3. The van der Waals surface area contributed by atoms with Crippen LogP contribution in [0.5, 0.6) is 0 Å². The molecular formula is C33H40F6N6O4S. The number of nitrogens with two attached hydrogens (primary N) is 1. The van der Waals surface area contributed by atoms with E-state index in [0.29, 0.717) is 69.3 Å². The predicted octanol–water partition coefficient (Wildman–Crippen LogP) is 6.17. The first-order valence-electron chi connectivity index (χ1n) is 16.8. The standard InChI is InChI=1S/C33H40F6N6O4S/c34-32(35,36)24-13-19(14-25(28(24)40)33(37,38)39)15-27(29(46)43-9-3-21(4-10-43)20-1-7-41-8-2-20)49-31(48)44-11-5-23(6-12-44)45-16-22-17-50-18-26(22)42-30(45)47/h13-14,17-18,20-21,23,27,41H,1-12,15-16,40H2,(H,42,47). The number of nitrogens with zero attached hydrogens (tertiary/aromatic N) is 3. The zero-order valence-electron chi connectivity index (χ0n) is 27.2. The van der Waals surface area contributed by atoms with Crippen LogP contribution in [0.25, 0.3) is 0 Å². The van der Waals surface area contributed by atoms with Crippen LogP contribution in [-0.4, -0.2) is 84.1 Å². The number of urea groups is 1. The summed E-state index contributed by atoms with van der Waals surface area (Å²) in [4.78, 5) is 44.7. The Morgan fingerprint density at radius 3 is 2.06 bits per heavy atom. The molecule has 274 valence electrons. The molecule has 3 saturated heterocycles. The van der Waals surface area contributed by atoms with E-state index < -0.39 is 59.3 Å². The molecule has 4 aliphatic rings. The minimum absolute atomic E-state index is 0.171. The zero-order chi connectivity index (χ0) is 35.8. The number of hydrogen-bond donors (Lipinski definition) is 3. The first-order chi connectivity index (χ1) is 23.7. The van der Waals surface area contributed by atoms with Crippen molar-refractivity contribution in [3.63, 3.8) is 0 Å². The highest BCUT2D eigenvalue weighted by molar-refractivity contribution is 7.08. The number of amides is 4. The minimum Gasteiger partial charge on any atom is -0.436 e. The molecule has 4 amide bonds. The fourth-order valence-electron chi connectivity index (χ4n) is 7.65. The highest BCUT2D eigenvalue weighted by Crippen LogP contribution is 2.42. The topological polar surface area (TPSA) is 120 Å². The molecule has 0 saturated carbocycles. The van der Waals surface area contributed by atoms with Gasteiger partial charge in [-0.1, -0.05) is 0 Å². The van der Waals surface area contributed by atoms with Gasteiger partial charge in [0.25, 0.3) is 5.91 Å². The molecule has 1 aromatic carbocycles. The molecule has 0 spiro atoms. The lowest BCUT2D eigenvalue weighted by Gasteiger charge is -2.40. The summed E-state index contributed by atoms with van der Waals surface area (Å²) in [6.07, 6.45) is -9.44. The molecule has 6 rings (SSSR count). The molecule has 0 radical (unpaired) electrons. The van der Waals surface area contributed by atoms with Crippen molar-refractivity contribution < 1.29 is 45.5 Å². The van der Waals surface area contributed by atoms with E-state index in [9.17, 15) is 40.7 Å². The number of carbonyl (C=O) groups excluding carboxylic acids is 3. The lowest BCUT2D eigenvalue weighted by molar-refractivity contribution is -0.142. The van der Waals surface area contributed by atoms with Crippen LogP contribution in [0, 0.1) is 11.8 Å². The molecule has 50 heavy (non-hydrogen) atoms. The van der Waals surface area contributed by atoms with E-state index in [4.69, 9.17) is 10.5 Å². The van der Waals surface area contributed by atoms with Gasteiger partial charge in [0.2, 0.25) is 0 Å². The van der Waals surface area contributed by atoms with Crippen molar-refractivity contribution in [3.05, 3.63) is 45.1 Å². The third-order valence-corrected chi connectivity index (χ3v) is 11.2. The maximum Gasteiger partial charge on any atom is 0.418 e. The van der Waals surface area contributed by atoms with E-state index in [-0.39, 0.29) is 25.2 Å². The summed E-state index contributed by atoms with van der Waals surface area (Å²) in [6.45, 7) is 3.27. The van der Waals surface area contributed by atoms with Crippen LogP contribution >= 0.6 is 11.3 Å². The molecule has 0 aliphatic carbocycles. The molecule has 3 fully saturated rings. The van der Waals surface area contributed by atoms with E-state index in [1.54, 1.807) is 4.90 Å². The summed E-state index contributed by atoms with van der Waals surface area (Å²) < 4.78 is 88.6. The Balaban J connectivity index is 1.18. The summed E-state index contributed by atoms with van der Waals surface area (Å²) in [5.41, 5.74) is 1.79. The van der Waals surface area contributed by atoms with Gasteiger partial charge in [0, 0.05) is 49.6 Å². The predicted molar refractivity (Wildman–Crippen MR) is 173 cm³/mol. The summed E-state index contributed by atoms with van der Waals surface area (Å²) in [5, 5.41) is 10.0. The highest BCUT2D eigenvalue weighted by Gasteiger charge is 2.42. The number of ether oxygens (including phenoxy) is 1. The number of nitrogens with one attached hydrogen (secondary N) is 2. The van der Waals surface area contributed by atoms with Crippen molar-refractivity contribution >= 4 is 40.7 Å². The maximum atomic E-state index is 13.9. The monoisotopic (exact) mass is 730 g/mol. The van der Waals surface area contributed by atoms with Crippen LogP contribution in [0.3, 0.4) is 0 Å². The van der Waals surface area contributed by atoms with Crippen molar-refractivity contribution in [1.82, 2.24) is 20.0 Å². The molecular weight excluding hydrogens is 690 g/mol. The first kappa shape index (κ1) is 36.1. The number of anilines is 2. The molecule has 4 N–H and O–H groups in total. The van der Waals surface area contributed by atoms with Gasteiger partial charge in [-0.3, -0.25) is 4.79 Å². The third-order valence-electron chi connectivity index (χ3n) is 10.4. The Morgan fingerprint density at radius 1 is 0.880 bits per heavy atom. The molecule has 2 aromatic rings. The fourth-order valence-corrected chi connectivity index (χ4v) is 8.43. The fraction of sp³-hybridized carbons (Fsp3) is 0.606. The SMILES string of the molecule is Nc1c(C(F)(F)F)cc(CC(OC(=O)N2CCC(N3Cc4cscc4NC3=O)CC2)C(=O)N2CCC(C3CCNCC3)CC2)cc1C(F)(F)F. The number of halogens is 6. The number of nitrogen functional groups attached to an aromatic ring is 1. The van der Waals surface area contributed by atoms with Crippen LogP contribution in [0.15, 0.2) is 22.9 Å². The minimum atomic E-state index is -5.20. The van der Waals surface area contributed by atoms with E-state index >= 15 is 0 Å². The average molecular weight is 731 g/mol.